The van der Waals surface area contributed by atoms with E-state index in [9.17, 15) is 14.4 Å². The molecule has 0 bridgehead atoms. The molecule has 0 aliphatic carbocycles. The Morgan fingerprint density at radius 1 is 0.263 bits per heavy atom. The molecule has 0 heterocycles. The van der Waals surface area contributed by atoms with Gasteiger partial charge in [0.2, 0.25) is 0 Å². The Bertz CT molecular complexity index is 2210. The third kappa shape index (κ3) is 10.0. The molecule has 12 heteroatoms. The summed E-state index contributed by atoms with van der Waals surface area (Å²) < 4.78 is 0. The van der Waals surface area contributed by atoms with E-state index in [2.05, 4.69) is 31.9 Å². The molecule has 0 saturated carbocycles. The number of carbonyl (C=O) groups is 3. The maximum Gasteiger partial charge on any atom is 0.323 e. The highest BCUT2D eigenvalue weighted by Gasteiger charge is 2.12. The molecule has 0 fully saturated rings. The highest BCUT2D eigenvalue weighted by Crippen LogP contribution is 2.27. The highest BCUT2D eigenvalue weighted by atomic mass is 16.2. The van der Waals surface area contributed by atoms with Gasteiger partial charge in [-0.05, 0) is 124 Å². The fourth-order valence-corrected chi connectivity index (χ4v) is 5.99. The van der Waals surface area contributed by atoms with Crippen LogP contribution in [0.3, 0.4) is 0 Å². The maximum absolute atomic E-state index is 13.2. The lowest BCUT2D eigenvalue weighted by atomic mass is 10.1. The molecule has 7 aromatic rings. The Kier molecular flexibility index (Phi) is 10.9. The van der Waals surface area contributed by atoms with Crippen LogP contribution in [-0.4, -0.2) is 18.1 Å². The molecule has 6 amide bonds. The predicted octanol–water partition coefficient (Wildman–Crippen LogP) is 10.4. The second kappa shape index (κ2) is 16.8. The highest BCUT2D eigenvalue weighted by molar-refractivity contribution is 6.05. The van der Waals surface area contributed by atoms with Crippen LogP contribution in [0.5, 0.6) is 0 Å². The minimum Gasteiger partial charge on any atom is -0.399 e. The van der Waals surface area contributed by atoms with E-state index in [0.29, 0.717) is 51.2 Å². The molecule has 12 N–H and O–H groups in total. The first-order chi connectivity index (χ1) is 27.6. The standard InChI is InChI=1S/C45H39N9O3/c46-34-13-1-28(2-14-34)31-7-19-37(20-8-31)49-43(55)52-40-25-41(53-44(56)50-38-21-9-32(10-22-38)29-3-15-35(47)16-4-29)27-42(26-40)54-45(57)51-39-23-11-33(12-24-39)30-5-17-36(48)18-6-30/h1-27H,46-48H2,(H2,49,52,55)(H2,50,53,56)(H2,51,54,57). The second-order valence-electron chi connectivity index (χ2n) is 13.1. The Balaban J connectivity index is 1.04. The van der Waals surface area contributed by atoms with E-state index in [-0.39, 0.29) is 0 Å². The van der Waals surface area contributed by atoms with Crippen molar-refractivity contribution in [2.45, 2.75) is 0 Å². The summed E-state index contributed by atoms with van der Waals surface area (Å²) in [6.07, 6.45) is 0. The van der Waals surface area contributed by atoms with E-state index in [4.69, 9.17) is 17.2 Å². The number of amides is 6. The Morgan fingerprint density at radius 3 is 0.649 bits per heavy atom. The number of anilines is 9. The molecule has 282 valence electrons. The summed E-state index contributed by atoms with van der Waals surface area (Å²) in [7, 11) is 0. The summed E-state index contributed by atoms with van der Waals surface area (Å²) in [5.74, 6) is 0. The molecule has 0 spiro atoms. The van der Waals surface area contributed by atoms with Gasteiger partial charge in [0, 0.05) is 51.2 Å². The Hall–Kier alpha value is -8.25. The minimum absolute atomic E-state index is 0.305. The van der Waals surface area contributed by atoms with Gasteiger partial charge < -0.3 is 49.1 Å². The molecule has 57 heavy (non-hydrogen) atoms. The van der Waals surface area contributed by atoms with Gasteiger partial charge in [-0.2, -0.15) is 0 Å². The first-order valence-electron chi connectivity index (χ1n) is 17.9. The van der Waals surface area contributed by atoms with Crippen LogP contribution in [0.25, 0.3) is 33.4 Å². The number of benzene rings is 7. The van der Waals surface area contributed by atoms with Gasteiger partial charge >= 0.3 is 18.1 Å². The number of hydrogen-bond acceptors (Lipinski definition) is 6. The molecule has 7 rings (SSSR count). The molecule has 0 aliphatic rings. The van der Waals surface area contributed by atoms with Crippen molar-refractivity contribution in [2.75, 3.05) is 49.1 Å². The normalized spacial score (nSPS) is 10.5. The molecule has 0 saturated heterocycles. The molecule has 0 aliphatic heterocycles. The maximum atomic E-state index is 13.2. The summed E-state index contributed by atoms with van der Waals surface area (Å²) in [4.78, 5) is 39.5. The van der Waals surface area contributed by atoms with Gasteiger partial charge in [-0.3, -0.25) is 0 Å². The van der Waals surface area contributed by atoms with Crippen molar-refractivity contribution in [3.8, 4) is 33.4 Å². The number of nitrogens with one attached hydrogen (secondary N) is 6. The number of nitrogen functional groups attached to an aromatic ring is 3. The third-order valence-electron chi connectivity index (χ3n) is 8.87. The molecule has 12 nitrogen and oxygen atoms in total. The fraction of sp³-hybridized carbons (Fsp3) is 0. The molecular weight excluding hydrogens is 715 g/mol. The molecule has 0 atom stereocenters. The monoisotopic (exact) mass is 753 g/mol. The van der Waals surface area contributed by atoms with E-state index in [0.717, 1.165) is 33.4 Å². The molecule has 0 unspecified atom stereocenters. The van der Waals surface area contributed by atoms with Gasteiger partial charge in [0.15, 0.2) is 0 Å². The average molecular weight is 754 g/mol. The molecular formula is C45H39N9O3. The summed E-state index contributed by atoms with van der Waals surface area (Å²) in [6.45, 7) is 0. The van der Waals surface area contributed by atoms with Gasteiger partial charge in [0.25, 0.3) is 0 Å². The van der Waals surface area contributed by atoms with Crippen LogP contribution < -0.4 is 49.1 Å². The minimum atomic E-state index is -0.533. The number of nitrogens with two attached hydrogens (primary N) is 3. The topological polar surface area (TPSA) is 201 Å². The van der Waals surface area contributed by atoms with Crippen LogP contribution in [0.2, 0.25) is 0 Å². The van der Waals surface area contributed by atoms with Crippen molar-refractivity contribution in [3.63, 3.8) is 0 Å². The van der Waals surface area contributed by atoms with Crippen molar-refractivity contribution in [1.82, 2.24) is 0 Å². The van der Waals surface area contributed by atoms with Crippen molar-refractivity contribution < 1.29 is 14.4 Å². The lowest BCUT2D eigenvalue weighted by Gasteiger charge is -2.15. The van der Waals surface area contributed by atoms with Gasteiger partial charge in [0.05, 0.1) is 0 Å². The molecule has 0 aromatic heterocycles. The summed E-state index contributed by atoms with van der Waals surface area (Å²) in [5.41, 5.74) is 27.9. The van der Waals surface area contributed by atoms with Crippen molar-refractivity contribution in [1.29, 1.82) is 0 Å². The van der Waals surface area contributed by atoms with Crippen LogP contribution in [0.15, 0.2) is 164 Å². The zero-order valence-electron chi connectivity index (χ0n) is 30.5. The van der Waals surface area contributed by atoms with Crippen molar-refractivity contribution >= 4 is 69.3 Å². The Labute approximate surface area is 329 Å². The average Bonchev–Trinajstić information content (AvgIpc) is 3.19. The summed E-state index contributed by atoms with van der Waals surface area (Å²) in [5, 5.41) is 16.9. The predicted molar refractivity (Wildman–Crippen MR) is 233 cm³/mol. The zero-order chi connectivity index (χ0) is 39.7. The number of rotatable bonds is 9. The summed E-state index contributed by atoms with van der Waals surface area (Å²) in [6, 6.07) is 47.7. The third-order valence-corrected chi connectivity index (χ3v) is 8.87. The SMILES string of the molecule is Nc1ccc(-c2ccc(NC(=O)Nc3cc(NC(=O)Nc4ccc(-c5ccc(N)cc5)cc4)cc(NC(=O)Nc4ccc(-c5ccc(N)cc5)cc4)c3)cc2)cc1. The number of carbonyl (C=O) groups excluding carboxylic acids is 3. The smallest absolute Gasteiger partial charge is 0.323 e. The lowest BCUT2D eigenvalue weighted by molar-refractivity contribution is 0.261. The van der Waals surface area contributed by atoms with Crippen LogP contribution in [-0.2, 0) is 0 Å². The van der Waals surface area contributed by atoms with E-state index in [1.54, 1.807) is 54.6 Å². The van der Waals surface area contributed by atoms with Crippen molar-refractivity contribution in [2.24, 2.45) is 0 Å². The van der Waals surface area contributed by atoms with Crippen LogP contribution in [0, 0.1) is 0 Å². The number of hydrogen-bond donors (Lipinski definition) is 9. The van der Waals surface area contributed by atoms with E-state index in [1.807, 2.05) is 109 Å². The first kappa shape index (κ1) is 37.1. The Morgan fingerprint density at radius 2 is 0.439 bits per heavy atom. The van der Waals surface area contributed by atoms with Gasteiger partial charge in [-0.15, -0.1) is 0 Å². The first-order valence-corrected chi connectivity index (χ1v) is 17.9. The van der Waals surface area contributed by atoms with Crippen LogP contribution >= 0.6 is 0 Å². The molecule has 0 radical (unpaired) electrons. The zero-order valence-corrected chi connectivity index (χ0v) is 30.5. The van der Waals surface area contributed by atoms with Crippen LogP contribution in [0.1, 0.15) is 0 Å². The van der Waals surface area contributed by atoms with Gasteiger partial charge in [0.1, 0.15) is 0 Å². The van der Waals surface area contributed by atoms with Gasteiger partial charge in [-0.25, -0.2) is 14.4 Å². The summed E-state index contributed by atoms with van der Waals surface area (Å²) >= 11 is 0. The molecule has 7 aromatic carbocycles. The quantitative estimate of drug-likeness (QED) is 0.0656. The lowest BCUT2D eigenvalue weighted by Crippen LogP contribution is -2.22. The fourth-order valence-electron chi connectivity index (χ4n) is 5.99. The second-order valence-corrected chi connectivity index (χ2v) is 13.1. The van der Waals surface area contributed by atoms with E-state index >= 15 is 0 Å². The van der Waals surface area contributed by atoms with Crippen LogP contribution in [0.4, 0.5) is 65.6 Å². The van der Waals surface area contributed by atoms with E-state index in [1.165, 1.54) is 0 Å². The van der Waals surface area contributed by atoms with Gasteiger partial charge in [-0.1, -0.05) is 72.8 Å². The largest absolute Gasteiger partial charge is 0.399 e. The van der Waals surface area contributed by atoms with E-state index < -0.39 is 18.1 Å². The number of urea groups is 3. The van der Waals surface area contributed by atoms with Crippen molar-refractivity contribution in [3.05, 3.63) is 164 Å².